The Morgan fingerprint density at radius 1 is 1.19 bits per heavy atom. The van der Waals surface area contributed by atoms with Gasteiger partial charge in [-0.05, 0) is 31.9 Å². The highest BCUT2D eigenvalue weighted by Gasteiger charge is 2.27. The topological polar surface area (TPSA) is 101 Å². The highest BCUT2D eigenvalue weighted by Crippen LogP contribution is 2.32. The molecule has 168 valence electrons. The number of rotatable bonds is 8. The number of imidazole rings is 1. The summed E-state index contributed by atoms with van der Waals surface area (Å²) < 4.78 is 32.2. The standard InChI is InChI=1S/C23H25N3O4S2/c1-16-9-11-19(12-10-16)32(28,29)23-22(25-21(26-23)17-6-3-2-4-7-17)31-15-20(27)24-14-18-8-5-13-30-18/h2-4,6-7,9-12,18H,5,8,13-15H2,1H3,(H,24,27)(H,25,26)/t18-/m0/s1. The van der Waals surface area contributed by atoms with Crippen LogP contribution in [0.15, 0.2) is 69.5 Å². The number of carbonyl (C=O) groups excluding carboxylic acids is 1. The van der Waals surface area contributed by atoms with Gasteiger partial charge in [0.15, 0.2) is 5.03 Å². The van der Waals surface area contributed by atoms with E-state index in [0.29, 0.717) is 12.4 Å². The molecule has 2 N–H and O–H groups in total. The highest BCUT2D eigenvalue weighted by atomic mass is 32.2. The predicted molar refractivity (Wildman–Crippen MR) is 123 cm³/mol. The average Bonchev–Trinajstić information content (AvgIpc) is 3.47. The maximum absolute atomic E-state index is 13.4. The van der Waals surface area contributed by atoms with Gasteiger partial charge in [0.25, 0.3) is 0 Å². The van der Waals surface area contributed by atoms with Crippen molar-refractivity contribution < 1.29 is 17.9 Å². The van der Waals surface area contributed by atoms with Gasteiger partial charge in [0, 0.05) is 18.7 Å². The molecule has 2 heterocycles. The van der Waals surface area contributed by atoms with Gasteiger partial charge >= 0.3 is 0 Å². The van der Waals surface area contributed by atoms with Gasteiger partial charge in [-0.15, -0.1) is 0 Å². The molecule has 1 aromatic heterocycles. The van der Waals surface area contributed by atoms with Gasteiger partial charge in [-0.25, -0.2) is 13.4 Å². The number of thioether (sulfide) groups is 1. The fourth-order valence-electron chi connectivity index (χ4n) is 3.41. The van der Waals surface area contributed by atoms with Crippen molar-refractivity contribution in [3.05, 3.63) is 60.2 Å². The number of nitrogens with zero attached hydrogens (tertiary/aromatic N) is 1. The molecule has 1 saturated heterocycles. The maximum Gasteiger partial charge on any atom is 0.230 e. The molecule has 1 fully saturated rings. The lowest BCUT2D eigenvalue weighted by Crippen LogP contribution is -2.32. The highest BCUT2D eigenvalue weighted by molar-refractivity contribution is 8.00. The largest absolute Gasteiger partial charge is 0.376 e. The zero-order valence-corrected chi connectivity index (χ0v) is 19.3. The second kappa shape index (κ2) is 9.89. The van der Waals surface area contributed by atoms with Crippen LogP contribution >= 0.6 is 11.8 Å². The van der Waals surface area contributed by atoms with Crippen LogP contribution in [0.2, 0.25) is 0 Å². The third-order valence-electron chi connectivity index (χ3n) is 5.18. The fourth-order valence-corrected chi connectivity index (χ4v) is 5.86. The van der Waals surface area contributed by atoms with Crippen LogP contribution in [0.5, 0.6) is 0 Å². The predicted octanol–water partition coefficient (Wildman–Crippen LogP) is 3.61. The van der Waals surface area contributed by atoms with Crippen LogP contribution in [0.4, 0.5) is 0 Å². The van der Waals surface area contributed by atoms with Crippen LogP contribution in [-0.2, 0) is 19.4 Å². The summed E-state index contributed by atoms with van der Waals surface area (Å²) in [5, 5.41) is 3.13. The Bertz CT molecular complexity index is 1170. The Morgan fingerprint density at radius 3 is 2.62 bits per heavy atom. The van der Waals surface area contributed by atoms with E-state index in [2.05, 4.69) is 15.3 Å². The summed E-state index contributed by atoms with van der Waals surface area (Å²) in [5.41, 5.74) is 1.73. The van der Waals surface area contributed by atoms with Gasteiger partial charge in [0.1, 0.15) is 10.9 Å². The number of H-pyrrole nitrogens is 1. The van der Waals surface area contributed by atoms with Gasteiger partial charge in [0.05, 0.1) is 16.8 Å². The first-order valence-corrected chi connectivity index (χ1v) is 12.9. The quantitative estimate of drug-likeness (QED) is 0.487. The van der Waals surface area contributed by atoms with E-state index in [4.69, 9.17) is 4.74 Å². The van der Waals surface area contributed by atoms with Crippen LogP contribution in [0, 0.1) is 6.92 Å². The first-order chi connectivity index (χ1) is 15.4. The molecule has 1 aliphatic heterocycles. The molecule has 1 atom stereocenters. The van der Waals surface area contributed by atoms with Crippen LogP contribution in [0.1, 0.15) is 18.4 Å². The Kier molecular flexibility index (Phi) is 6.98. The number of aryl methyl sites for hydroxylation is 1. The van der Waals surface area contributed by atoms with E-state index in [1.807, 2.05) is 37.3 Å². The summed E-state index contributed by atoms with van der Waals surface area (Å²) in [6.07, 6.45) is 1.99. The maximum atomic E-state index is 13.4. The summed E-state index contributed by atoms with van der Waals surface area (Å²) in [5.74, 6) is 0.314. The van der Waals surface area contributed by atoms with E-state index in [1.54, 1.807) is 24.3 Å². The van der Waals surface area contributed by atoms with Gasteiger partial charge in [-0.1, -0.05) is 59.8 Å². The van der Waals surface area contributed by atoms with Crippen molar-refractivity contribution in [2.24, 2.45) is 0 Å². The number of nitrogens with one attached hydrogen (secondary N) is 2. The Balaban J connectivity index is 1.57. The normalized spacial score (nSPS) is 16.2. The summed E-state index contributed by atoms with van der Waals surface area (Å²) >= 11 is 1.10. The Hall–Kier alpha value is -2.62. The molecule has 0 radical (unpaired) electrons. The average molecular weight is 472 g/mol. The molecule has 32 heavy (non-hydrogen) atoms. The van der Waals surface area contributed by atoms with Crippen LogP contribution < -0.4 is 5.32 Å². The number of aromatic nitrogens is 2. The van der Waals surface area contributed by atoms with Gasteiger partial charge < -0.3 is 15.0 Å². The minimum atomic E-state index is -3.84. The minimum Gasteiger partial charge on any atom is -0.376 e. The second-order valence-corrected chi connectivity index (χ2v) is 10.5. The Morgan fingerprint density at radius 2 is 1.94 bits per heavy atom. The summed E-state index contributed by atoms with van der Waals surface area (Å²) in [6, 6.07) is 16.0. The van der Waals surface area contributed by atoms with Crippen molar-refractivity contribution >= 4 is 27.5 Å². The monoisotopic (exact) mass is 471 g/mol. The van der Waals surface area contributed by atoms with Crippen molar-refractivity contribution in [2.45, 2.75) is 40.8 Å². The molecule has 4 rings (SSSR count). The molecule has 0 aliphatic carbocycles. The van der Waals surface area contributed by atoms with Crippen molar-refractivity contribution in [3.8, 4) is 11.4 Å². The van der Waals surface area contributed by atoms with E-state index < -0.39 is 9.84 Å². The van der Waals surface area contributed by atoms with E-state index >= 15 is 0 Å². The third kappa shape index (κ3) is 5.23. The number of amides is 1. The van der Waals surface area contributed by atoms with Gasteiger partial charge in [0.2, 0.25) is 15.7 Å². The van der Waals surface area contributed by atoms with E-state index in [0.717, 1.165) is 42.3 Å². The number of hydrogen-bond acceptors (Lipinski definition) is 6. The van der Waals surface area contributed by atoms with Crippen molar-refractivity contribution in [2.75, 3.05) is 18.9 Å². The summed E-state index contributed by atoms with van der Waals surface area (Å²) in [4.78, 5) is 20.0. The van der Waals surface area contributed by atoms with Crippen LogP contribution in [0.3, 0.4) is 0 Å². The molecular weight excluding hydrogens is 446 g/mol. The molecule has 0 unspecified atom stereocenters. The van der Waals surface area contributed by atoms with E-state index in [-0.39, 0.29) is 32.7 Å². The molecule has 0 spiro atoms. The Labute approximate surface area is 191 Å². The SMILES string of the molecule is Cc1ccc(S(=O)(=O)c2[nH]c(-c3ccccc3)nc2SCC(=O)NC[C@@H]2CCCO2)cc1. The van der Waals surface area contributed by atoms with Gasteiger partial charge in [-0.3, -0.25) is 4.79 Å². The van der Waals surface area contributed by atoms with E-state index in [1.165, 1.54) is 0 Å². The lowest BCUT2D eigenvalue weighted by molar-refractivity contribution is -0.119. The lowest BCUT2D eigenvalue weighted by atomic mass is 10.2. The number of carbonyl (C=O) groups is 1. The first-order valence-electron chi connectivity index (χ1n) is 10.4. The molecule has 0 saturated carbocycles. The summed E-state index contributed by atoms with van der Waals surface area (Å²) in [6.45, 7) is 3.09. The molecule has 1 amide bonds. The van der Waals surface area contributed by atoms with Crippen molar-refractivity contribution in [1.82, 2.24) is 15.3 Å². The van der Waals surface area contributed by atoms with Gasteiger partial charge in [-0.2, -0.15) is 0 Å². The molecule has 2 aromatic carbocycles. The zero-order valence-electron chi connectivity index (χ0n) is 17.7. The fraction of sp³-hybridized carbons (Fsp3) is 0.304. The molecular formula is C23H25N3O4S2. The number of aromatic amines is 1. The smallest absolute Gasteiger partial charge is 0.230 e. The molecule has 1 aliphatic rings. The van der Waals surface area contributed by atoms with Crippen LogP contribution in [0.25, 0.3) is 11.4 Å². The number of sulfone groups is 1. The molecule has 0 bridgehead atoms. The number of benzene rings is 2. The first kappa shape index (κ1) is 22.6. The molecule has 7 nitrogen and oxygen atoms in total. The lowest BCUT2D eigenvalue weighted by Gasteiger charge is -2.10. The van der Waals surface area contributed by atoms with Crippen molar-refractivity contribution in [1.29, 1.82) is 0 Å². The third-order valence-corrected chi connectivity index (χ3v) is 8.01. The number of ether oxygens (including phenoxy) is 1. The second-order valence-electron chi connectivity index (χ2n) is 7.63. The van der Waals surface area contributed by atoms with Crippen molar-refractivity contribution in [3.63, 3.8) is 0 Å². The van der Waals surface area contributed by atoms with E-state index in [9.17, 15) is 13.2 Å². The molecule has 9 heteroatoms. The molecule has 3 aromatic rings. The van der Waals surface area contributed by atoms with Crippen LogP contribution in [-0.4, -0.2) is 49.3 Å². The number of hydrogen-bond donors (Lipinski definition) is 2. The zero-order chi connectivity index (χ0) is 22.6. The summed E-state index contributed by atoms with van der Waals surface area (Å²) in [7, 11) is -3.84. The minimum absolute atomic E-state index is 0.00266.